The number of aromatic nitrogens is 4. The maximum Gasteiger partial charge on any atom is 0.242 e. The molecule has 2 rings (SSSR count). The summed E-state index contributed by atoms with van der Waals surface area (Å²) >= 11 is 12.0. The molecular weight excluding hydrogens is 351 g/mol. The highest BCUT2D eigenvalue weighted by Crippen LogP contribution is 2.15. The van der Waals surface area contributed by atoms with Crippen molar-refractivity contribution in [3.63, 3.8) is 0 Å². The fraction of sp³-hybridized carbons (Fsp3) is 0. The van der Waals surface area contributed by atoms with Gasteiger partial charge in [-0.2, -0.15) is 10.2 Å². The van der Waals surface area contributed by atoms with E-state index in [2.05, 4.69) is 47.2 Å². The van der Waals surface area contributed by atoms with E-state index < -0.39 is 0 Å². The van der Waals surface area contributed by atoms with E-state index in [0.717, 1.165) is 4.47 Å². The van der Waals surface area contributed by atoms with E-state index >= 15 is 0 Å². The molecule has 5 nitrogen and oxygen atoms in total. The number of hydrogen-bond acceptors (Lipinski definition) is 3. The van der Waals surface area contributed by atoms with Crippen LogP contribution in [0.3, 0.4) is 0 Å². The summed E-state index contributed by atoms with van der Waals surface area (Å²) in [5, 5.41) is 10.4. The van der Waals surface area contributed by atoms with Gasteiger partial charge in [-0.25, -0.2) is 4.68 Å². The van der Waals surface area contributed by atoms with E-state index in [1.807, 2.05) is 0 Å². The normalized spacial score (nSPS) is 10.6. The molecule has 0 bridgehead atoms. The fourth-order valence-electron chi connectivity index (χ4n) is 0.972. The highest BCUT2D eigenvalue weighted by Gasteiger charge is 2.11. The Kier molecular flexibility index (Phi) is 2.94. The second kappa shape index (κ2) is 4.07. The first-order chi connectivity index (χ1) is 7.09. The number of H-pyrrole nitrogens is 1. The molecule has 2 aromatic rings. The van der Waals surface area contributed by atoms with E-state index in [9.17, 15) is 4.79 Å². The molecule has 0 unspecified atom stereocenters. The van der Waals surface area contributed by atoms with Crippen LogP contribution in [0.2, 0.25) is 5.15 Å². The van der Waals surface area contributed by atoms with E-state index in [-0.39, 0.29) is 20.9 Å². The van der Waals surface area contributed by atoms with Crippen molar-refractivity contribution in [3.05, 3.63) is 36.7 Å². The van der Waals surface area contributed by atoms with E-state index in [1.165, 1.54) is 4.68 Å². The molecule has 0 radical (unpaired) electrons. The van der Waals surface area contributed by atoms with Gasteiger partial charge in [-0.15, -0.1) is 0 Å². The van der Waals surface area contributed by atoms with Gasteiger partial charge >= 0.3 is 0 Å². The smallest absolute Gasteiger partial charge is 0.242 e. The first-order valence-electron chi connectivity index (χ1n) is 3.74. The van der Waals surface area contributed by atoms with Crippen LogP contribution in [-0.2, 0) is 0 Å². The summed E-state index contributed by atoms with van der Waals surface area (Å²) in [7, 11) is 0. The second-order valence-corrected chi connectivity index (χ2v) is 4.69. The Morgan fingerprint density at radius 3 is 2.80 bits per heavy atom. The molecule has 8 heteroatoms. The molecule has 2 heterocycles. The average Bonchev–Trinajstić information content (AvgIpc) is 2.61. The Morgan fingerprint density at radius 2 is 2.20 bits per heavy atom. The highest BCUT2D eigenvalue weighted by molar-refractivity contribution is 9.10. The van der Waals surface area contributed by atoms with Crippen LogP contribution < -0.4 is 5.43 Å². The molecule has 0 aliphatic rings. The van der Waals surface area contributed by atoms with Gasteiger partial charge in [0.2, 0.25) is 11.2 Å². The molecule has 0 amide bonds. The Morgan fingerprint density at radius 1 is 1.47 bits per heavy atom. The summed E-state index contributed by atoms with van der Waals surface area (Å²) in [5.74, 6) is 0.150. The topological polar surface area (TPSA) is 63.6 Å². The van der Waals surface area contributed by atoms with Crippen LogP contribution in [0.4, 0.5) is 0 Å². The van der Waals surface area contributed by atoms with Gasteiger partial charge in [0, 0.05) is 6.20 Å². The monoisotopic (exact) mass is 352 g/mol. The van der Waals surface area contributed by atoms with Gasteiger partial charge in [0.15, 0.2) is 0 Å². The third-order valence-corrected chi connectivity index (χ3v) is 3.29. The van der Waals surface area contributed by atoms with Crippen molar-refractivity contribution in [3.8, 4) is 5.82 Å². The van der Waals surface area contributed by atoms with Crippen LogP contribution in [0, 0.1) is 0 Å². The Balaban J connectivity index is 2.65. The first-order valence-corrected chi connectivity index (χ1v) is 5.70. The third-order valence-electron chi connectivity index (χ3n) is 1.62. The van der Waals surface area contributed by atoms with Crippen LogP contribution in [-0.4, -0.2) is 20.0 Å². The number of nitrogens with one attached hydrogen (secondary N) is 1. The highest BCUT2D eigenvalue weighted by atomic mass is 79.9. The van der Waals surface area contributed by atoms with Gasteiger partial charge in [0.1, 0.15) is 9.63 Å². The minimum absolute atomic E-state index is 0.150. The van der Waals surface area contributed by atoms with Crippen molar-refractivity contribution in [1.29, 1.82) is 0 Å². The fourth-order valence-corrected chi connectivity index (χ4v) is 1.65. The van der Waals surface area contributed by atoms with E-state index in [1.54, 1.807) is 12.4 Å². The maximum atomic E-state index is 11.7. The lowest BCUT2D eigenvalue weighted by molar-refractivity contribution is 0.802. The summed E-state index contributed by atoms with van der Waals surface area (Å²) < 4.78 is 2.35. The predicted molar refractivity (Wildman–Crippen MR) is 62.4 cm³/mol. The van der Waals surface area contributed by atoms with Crippen molar-refractivity contribution in [2.45, 2.75) is 0 Å². The largest absolute Gasteiger partial charge is 0.284 e. The molecule has 1 N–H and O–H groups in total. The third kappa shape index (κ3) is 1.99. The zero-order valence-electron chi connectivity index (χ0n) is 7.04. The van der Waals surface area contributed by atoms with Gasteiger partial charge < -0.3 is 0 Å². The molecule has 0 aliphatic carbocycles. The van der Waals surface area contributed by atoms with Gasteiger partial charge in [0.05, 0.1) is 10.7 Å². The standard InChI is InChI=1S/C7H3Br2ClN4O/c8-3-1-11-14(2-3)7-5(15)4(9)6(10)12-13-7/h1-2H,(H,12,15). The number of hydrogen-bond donors (Lipinski definition) is 1. The lowest BCUT2D eigenvalue weighted by Gasteiger charge is -2.00. The molecule has 0 spiro atoms. The molecule has 0 aromatic carbocycles. The lowest BCUT2D eigenvalue weighted by Crippen LogP contribution is -2.16. The van der Waals surface area contributed by atoms with Crippen LogP contribution in [0.1, 0.15) is 0 Å². The first kappa shape index (κ1) is 10.8. The molecule has 0 fully saturated rings. The van der Waals surface area contributed by atoms with Crippen LogP contribution >= 0.6 is 43.5 Å². The molecular formula is C7H3Br2ClN4O. The number of aromatic amines is 1. The zero-order chi connectivity index (χ0) is 11.0. The summed E-state index contributed by atoms with van der Waals surface area (Å²) in [6.07, 6.45) is 3.18. The van der Waals surface area contributed by atoms with Crippen molar-refractivity contribution in [2.24, 2.45) is 0 Å². The lowest BCUT2D eigenvalue weighted by atomic mass is 10.5. The quantitative estimate of drug-likeness (QED) is 0.853. The summed E-state index contributed by atoms with van der Waals surface area (Å²) in [6, 6.07) is 0. The Hall–Kier alpha value is -0.660. The van der Waals surface area contributed by atoms with Gasteiger partial charge in [-0.1, -0.05) is 11.6 Å². The molecule has 0 saturated carbocycles. The van der Waals surface area contributed by atoms with Crippen LogP contribution in [0.25, 0.3) is 5.82 Å². The van der Waals surface area contributed by atoms with Crippen molar-refractivity contribution >= 4 is 43.5 Å². The van der Waals surface area contributed by atoms with Crippen molar-refractivity contribution in [1.82, 2.24) is 20.0 Å². The van der Waals surface area contributed by atoms with E-state index in [4.69, 9.17) is 11.6 Å². The molecule has 78 valence electrons. The zero-order valence-corrected chi connectivity index (χ0v) is 11.0. The Labute approximate surface area is 106 Å². The number of rotatable bonds is 1. The number of halogens is 3. The van der Waals surface area contributed by atoms with Gasteiger partial charge in [0.25, 0.3) is 0 Å². The number of nitrogens with zero attached hydrogens (tertiary/aromatic N) is 3. The molecule has 15 heavy (non-hydrogen) atoms. The summed E-state index contributed by atoms with van der Waals surface area (Å²) in [5.41, 5.74) is -0.325. The SMILES string of the molecule is O=c1c(-n2cc(Br)cn2)n[nH]c(Cl)c1Br. The minimum atomic E-state index is -0.325. The summed E-state index contributed by atoms with van der Waals surface area (Å²) in [4.78, 5) is 11.7. The van der Waals surface area contributed by atoms with Crippen LogP contribution in [0.15, 0.2) is 26.1 Å². The maximum absolute atomic E-state index is 11.7. The average molecular weight is 354 g/mol. The van der Waals surface area contributed by atoms with Crippen LogP contribution in [0.5, 0.6) is 0 Å². The second-order valence-electron chi connectivity index (χ2n) is 2.61. The van der Waals surface area contributed by atoms with Crippen molar-refractivity contribution in [2.75, 3.05) is 0 Å². The van der Waals surface area contributed by atoms with Gasteiger partial charge in [-0.3, -0.25) is 9.89 Å². The summed E-state index contributed by atoms with van der Waals surface area (Å²) in [6.45, 7) is 0. The molecule has 0 aliphatic heterocycles. The Bertz CT molecular complexity index is 564. The minimum Gasteiger partial charge on any atom is -0.284 e. The predicted octanol–water partition coefficient (Wildman–Crippen LogP) is 2.13. The van der Waals surface area contributed by atoms with Crippen molar-refractivity contribution < 1.29 is 0 Å². The molecule has 0 saturated heterocycles. The van der Waals surface area contributed by atoms with Gasteiger partial charge in [-0.05, 0) is 31.9 Å². The molecule has 0 atom stereocenters. The van der Waals surface area contributed by atoms with E-state index in [0.29, 0.717) is 0 Å². The molecule has 2 aromatic heterocycles.